The number of hydrogen-bond acceptors (Lipinski definition) is 5. The first-order valence-electron chi connectivity index (χ1n) is 14.8. The lowest BCUT2D eigenvalue weighted by Crippen LogP contribution is -2.43. The number of allylic oxidation sites excluding steroid dienone is 1. The highest BCUT2D eigenvalue weighted by Crippen LogP contribution is 2.47. The molecule has 0 bridgehead atoms. The molecule has 226 valence electrons. The Morgan fingerprint density at radius 1 is 0.804 bits per heavy atom. The van der Waals surface area contributed by atoms with E-state index in [1.807, 2.05) is 84.9 Å². The van der Waals surface area contributed by atoms with E-state index >= 15 is 0 Å². The topological polar surface area (TPSA) is 78.8 Å². The van der Waals surface area contributed by atoms with E-state index in [4.69, 9.17) is 21.4 Å². The standard InChI is InChI=1S/C38H30N4O3S/c1-44-30-21-17-25(18-22-30)32-24-34(36-23-27-9-5-8-14-35(27)45-36)42(33-13-7-6-12-31(32)33)29-19-15-26(16-20-29)37(43)40-41-38(46)39-28-10-3-2-4-11-28/h2-24,32H,1H3,(H,40,43)(H2,39,41,46). The van der Waals surface area contributed by atoms with Crippen LogP contribution in [0, 0.1) is 0 Å². The van der Waals surface area contributed by atoms with E-state index in [1.165, 1.54) is 0 Å². The Hall–Kier alpha value is -5.86. The summed E-state index contributed by atoms with van der Waals surface area (Å²) in [6, 6.07) is 43.6. The molecular weight excluding hydrogens is 593 g/mol. The highest BCUT2D eigenvalue weighted by molar-refractivity contribution is 7.80. The van der Waals surface area contributed by atoms with E-state index in [-0.39, 0.29) is 16.9 Å². The molecule has 1 aliphatic rings. The Morgan fingerprint density at radius 3 is 2.28 bits per heavy atom. The van der Waals surface area contributed by atoms with E-state index < -0.39 is 0 Å². The van der Waals surface area contributed by atoms with Gasteiger partial charge >= 0.3 is 0 Å². The van der Waals surface area contributed by atoms with Gasteiger partial charge in [0.2, 0.25) is 0 Å². The lowest BCUT2D eigenvalue weighted by Gasteiger charge is -2.35. The molecule has 7 nitrogen and oxygen atoms in total. The van der Waals surface area contributed by atoms with Gasteiger partial charge in [0, 0.05) is 28.2 Å². The van der Waals surface area contributed by atoms with Crippen molar-refractivity contribution >= 4 is 57.0 Å². The summed E-state index contributed by atoms with van der Waals surface area (Å²) in [7, 11) is 1.67. The largest absolute Gasteiger partial charge is 0.497 e. The van der Waals surface area contributed by atoms with Gasteiger partial charge in [0.25, 0.3) is 5.91 Å². The van der Waals surface area contributed by atoms with Gasteiger partial charge < -0.3 is 19.4 Å². The van der Waals surface area contributed by atoms with E-state index in [0.29, 0.717) is 5.56 Å². The molecule has 1 aromatic heterocycles. The molecular formula is C38H30N4O3S. The van der Waals surface area contributed by atoms with E-state index in [0.717, 1.165) is 56.4 Å². The number of benzene rings is 5. The summed E-state index contributed by atoms with van der Waals surface area (Å²) >= 11 is 5.32. The Balaban J connectivity index is 1.21. The predicted octanol–water partition coefficient (Wildman–Crippen LogP) is 8.40. The van der Waals surface area contributed by atoms with Crippen molar-refractivity contribution in [1.82, 2.24) is 10.9 Å². The zero-order chi connectivity index (χ0) is 31.5. The molecule has 2 heterocycles. The van der Waals surface area contributed by atoms with Gasteiger partial charge in [0.05, 0.1) is 18.5 Å². The van der Waals surface area contributed by atoms with Crippen LogP contribution in [0.15, 0.2) is 144 Å². The maximum Gasteiger partial charge on any atom is 0.269 e. The van der Waals surface area contributed by atoms with Gasteiger partial charge in [-0.15, -0.1) is 0 Å². The third kappa shape index (κ3) is 5.81. The van der Waals surface area contributed by atoms with Gasteiger partial charge in [-0.2, -0.15) is 0 Å². The fraction of sp³-hybridized carbons (Fsp3) is 0.0526. The molecule has 1 unspecified atom stereocenters. The molecule has 0 saturated carbocycles. The number of fused-ring (bicyclic) bond motifs is 2. The zero-order valence-electron chi connectivity index (χ0n) is 24.9. The normalized spacial score (nSPS) is 13.8. The Labute approximate surface area is 272 Å². The molecule has 0 spiro atoms. The van der Waals surface area contributed by atoms with E-state index in [1.54, 1.807) is 19.2 Å². The van der Waals surface area contributed by atoms with Gasteiger partial charge in [-0.05, 0) is 96.2 Å². The van der Waals surface area contributed by atoms with Crippen molar-refractivity contribution in [3.63, 3.8) is 0 Å². The number of amides is 1. The van der Waals surface area contributed by atoms with Crippen molar-refractivity contribution in [2.45, 2.75) is 5.92 Å². The fourth-order valence-corrected chi connectivity index (χ4v) is 5.87. The summed E-state index contributed by atoms with van der Waals surface area (Å²) in [6.07, 6.45) is 2.24. The second-order valence-electron chi connectivity index (χ2n) is 10.8. The number of hydrogen-bond donors (Lipinski definition) is 3. The molecule has 0 aliphatic carbocycles. The van der Waals surface area contributed by atoms with Crippen LogP contribution >= 0.6 is 12.2 Å². The molecule has 8 heteroatoms. The lowest BCUT2D eigenvalue weighted by molar-refractivity contribution is 0.0944. The highest BCUT2D eigenvalue weighted by Gasteiger charge is 2.30. The smallest absolute Gasteiger partial charge is 0.269 e. The summed E-state index contributed by atoms with van der Waals surface area (Å²) in [5.41, 5.74) is 12.7. The van der Waals surface area contributed by atoms with Crippen LogP contribution in [0.1, 0.15) is 33.2 Å². The Kier molecular flexibility index (Phi) is 7.93. The summed E-state index contributed by atoms with van der Waals surface area (Å²) in [5.74, 6) is 1.23. The molecule has 1 aliphatic heterocycles. The number of hydrazine groups is 1. The minimum atomic E-state index is -0.310. The summed E-state index contributed by atoms with van der Waals surface area (Å²) in [4.78, 5) is 15.2. The van der Waals surface area contributed by atoms with Gasteiger partial charge in [-0.1, -0.05) is 66.7 Å². The average molecular weight is 623 g/mol. The molecule has 0 radical (unpaired) electrons. The second kappa shape index (κ2) is 12.6. The van der Waals surface area contributed by atoms with Gasteiger partial charge in [0.1, 0.15) is 11.3 Å². The van der Waals surface area contributed by atoms with Crippen LogP contribution in [-0.2, 0) is 0 Å². The number of carbonyl (C=O) groups is 1. The van der Waals surface area contributed by atoms with Crippen molar-refractivity contribution in [2.75, 3.05) is 17.3 Å². The monoisotopic (exact) mass is 622 g/mol. The number of para-hydroxylation sites is 3. The average Bonchev–Trinajstić information content (AvgIpc) is 3.55. The number of rotatable bonds is 6. The van der Waals surface area contributed by atoms with Crippen LogP contribution in [0.4, 0.5) is 17.1 Å². The predicted molar refractivity (Wildman–Crippen MR) is 187 cm³/mol. The second-order valence-corrected chi connectivity index (χ2v) is 11.2. The zero-order valence-corrected chi connectivity index (χ0v) is 25.8. The molecule has 6 aromatic rings. The SMILES string of the molecule is COc1ccc(C2C=C(c3cc4ccccc4o3)N(c3ccc(C(=O)NNC(=S)Nc4ccccc4)cc3)c3ccccc32)cc1. The number of carbonyl (C=O) groups excluding carboxylic acids is 1. The summed E-state index contributed by atoms with van der Waals surface area (Å²) in [6.45, 7) is 0. The first kappa shape index (κ1) is 28.9. The van der Waals surface area contributed by atoms with E-state index in [2.05, 4.69) is 63.5 Å². The molecule has 1 amide bonds. The van der Waals surface area contributed by atoms with Crippen LogP contribution < -0.4 is 25.8 Å². The van der Waals surface area contributed by atoms with Crippen LogP contribution in [0.25, 0.3) is 16.7 Å². The summed E-state index contributed by atoms with van der Waals surface area (Å²) in [5, 5.41) is 4.35. The minimum absolute atomic E-state index is 0.0222. The molecule has 1 atom stereocenters. The lowest BCUT2D eigenvalue weighted by atomic mass is 9.85. The van der Waals surface area contributed by atoms with Crippen LogP contribution in [-0.4, -0.2) is 18.1 Å². The van der Waals surface area contributed by atoms with Crippen LogP contribution in [0.3, 0.4) is 0 Å². The molecule has 0 saturated heterocycles. The summed E-state index contributed by atoms with van der Waals surface area (Å²) < 4.78 is 11.9. The maximum absolute atomic E-state index is 13.0. The Morgan fingerprint density at radius 2 is 1.52 bits per heavy atom. The fourth-order valence-electron chi connectivity index (χ4n) is 5.70. The number of furan rings is 1. The van der Waals surface area contributed by atoms with Gasteiger partial charge in [0.15, 0.2) is 10.9 Å². The van der Waals surface area contributed by atoms with Crippen LogP contribution in [0.2, 0.25) is 0 Å². The number of nitrogens with zero attached hydrogens (tertiary/aromatic N) is 1. The molecule has 7 rings (SSSR count). The number of thiocarbonyl (C=S) groups is 1. The van der Waals surface area contributed by atoms with Crippen molar-refractivity contribution in [3.05, 3.63) is 162 Å². The molecule has 3 N–H and O–H groups in total. The maximum atomic E-state index is 13.0. The number of ether oxygens (including phenoxy) is 1. The Bertz CT molecular complexity index is 2020. The number of nitrogens with one attached hydrogen (secondary N) is 3. The van der Waals surface area contributed by atoms with Crippen molar-refractivity contribution < 1.29 is 13.9 Å². The van der Waals surface area contributed by atoms with Crippen LogP contribution in [0.5, 0.6) is 5.75 Å². The third-order valence-corrected chi connectivity index (χ3v) is 8.14. The quantitative estimate of drug-likeness (QED) is 0.127. The van der Waals surface area contributed by atoms with Crippen molar-refractivity contribution in [1.29, 1.82) is 0 Å². The molecule has 46 heavy (non-hydrogen) atoms. The first-order chi connectivity index (χ1) is 22.6. The van der Waals surface area contributed by atoms with Crippen molar-refractivity contribution in [2.24, 2.45) is 0 Å². The van der Waals surface area contributed by atoms with Gasteiger partial charge in [-0.25, -0.2) is 0 Å². The number of anilines is 3. The number of methoxy groups -OCH3 is 1. The molecule has 0 fully saturated rings. The van der Waals surface area contributed by atoms with E-state index in [9.17, 15) is 4.79 Å². The molecule has 5 aromatic carbocycles. The minimum Gasteiger partial charge on any atom is -0.497 e. The first-order valence-corrected chi connectivity index (χ1v) is 15.2. The van der Waals surface area contributed by atoms with Crippen molar-refractivity contribution in [3.8, 4) is 5.75 Å². The highest BCUT2D eigenvalue weighted by atomic mass is 32.1. The van der Waals surface area contributed by atoms with Gasteiger partial charge in [-0.3, -0.25) is 15.6 Å². The third-order valence-electron chi connectivity index (χ3n) is 7.94.